The van der Waals surface area contributed by atoms with Gasteiger partial charge in [0.05, 0.1) is 18.3 Å². The third-order valence-corrected chi connectivity index (χ3v) is 10.5. The quantitative estimate of drug-likeness (QED) is 0.574. The minimum absolute atomic E-state index is 0.0732. The lowest BCUT2D eigenvalue weighted by molar-refractivity contribution is -0.240. The zero-order chi connectivity index (χ0) is 16.4. The summed E-state index contributed by atoms with van der Waals surface area (Å²) in [6.07, 6.45) is 2.80. The average Bonchev–Trinajstić information content (AvgIpc) is 3.03. The maximum absolute atomic E-state index is 11.6. The van der Waals surface area contributed by atoms with Gasteiger partial charge in [0, 0.05) is 29.5 Å². The topological polar surface area (TPSA) is 63.9 Å². The third-order valence-electron chi connectivity index (χ3n) is 10.5. The Hall–Kier alpha value is -0.420. The molecule has 0 aromatic rings. The molecule has 4 heteroatoms. The molecular formula is C20H27NO3. The van der Waals surface area contributed by atoms with E-state index in [-0.39, 0.29) is 28.9 Å². The molecule has 9 aliphatic rings. The molecule has 3 heterocycles. The van der Waals surface area contributed by atoms with Gasteiger partial charge in [-0.25, -0.2) is 0 Å². The van der Waals surface area contributed by atoms with E-state index in [2.05, 4.69) is 18.4 Å². The summed E-state index contributed by atoms with van der Waals surface area (Å²) in [7, 11) is 0. The Morgan fingerprint density at radius 2 is 1.96 bits per heavy atom. The van der Waals surface area contributed by atoms with Gasteiger partial charge < -0.3 is 15.3 Å². The number of nitrogens with zero attached hydrogens (tertiary/aromatic N) is 1. The average molecular weight is 329 g/mol. The SMILES string of the molecule is C=C1C2CC3C4N5CC6(C)CCC(O)C47C6C5C(O)C3(C1O)C7C2. The molecule has 2 spiro atoms. The number of aliphatic hydroxyl groups is 3. The van der Waals surface area contributed by atoms with Crippen LogP contribution in [0, 0.1) is 39.9 Å². The summed E-state index contributed by atoms with van der Waals surface area (Å²) in [6, 6.07) is 0.538. The summed E-state index contributed by atoms with van der Waals surface area (Å²) in [5.41, 5.74) is 0.714. The standard InChI is InChI=1S/C20H27NO3/c1-8-9-5-10-15-20-11(6-9)19(10,16(8)23)17(24)13-14(20)18(2,7-21(13)15)4-3-12(20)22/h9-17,22-24H,1,3-7H2,2H3. The molecule has 13 atom stereocenters. The molecule has 0 amide bonds. The fourth-order valence-corrected chi connectivity index (χ4v) is 10.3. The summed E-state index contributed by atoms with van der Waals surface area (Å²) < 4.78 is 0. The van der Waals surface area contributed by atoms with Crippen molar-refractivity contribution in [3.8, 4) is 0 Å². The molecule has 4 nitrogen and oxygen atoms in total. The van der Waals surface area contributed by atoms with E-state index in [1.165, 1.54) is 0 Å². The highest BCUT2D eigenvalue weighted by atomic mass is 16.3. The van der Waals surface area contributed by atoms with Gasteiger partial charge >= 0.3 is 0 Å². The molecule has 3 saturated heterocycles. The second kappa shape index (κ2) is 3.40. The summed E-state index contributed by atoms with van der Waals surface area (Å²) in [6.45, 7) is 7.70. The molecule has 3 aliphatic heterocycles. The van der Waals surface area contributed by atoms with Gasteiger partial charge in [0.1, 0.15) is 0 Å². The third kappa shape index (κ3) is 0.903. The molecular weight excluding hydrogens is 302 g/mol. The van der Waals surface area contributed by atoms with Crippen LogP contribution in [0.25, 0.3) is 0 Å². The van der Waals surface area contributed by atoms with Crippen LogP contribution in [0.15, 0.2) is 12.2 Å². The first-order valence-corrected chi connectivity index (χ1v) is 9.88. The summed E-state index contributed by atoms with van der Waals surface area (Å²) in [5.74, 6) is 1.42. The van der Waals surface area contributed by atoms with Crippen molar-refractivity contribution in [3.63, 3.8) is 0 Å². The largest absolute Gasteiger partial charge is 0.392 e. The van der Waals surface area contributed by atoms with E-state index in [4.69, 9.17) is 0 Å². The molecule has 9 bridgehead atoms. The Bertz CT molecular complexity index is 709. The second-order valence-electron chi connectivity index (χ2n) is 10.5. The molecule has 13 unspecified atom stereocenters. The van der Waals surface area contributed by atoms with Gasteiger partial charge in [0.25, 0.3) is 0 Å². The maximum Gasteiger partial charge on any atom is 0.0837 e. The first kappa shape index (κ1) is 13.7. The fraction of sp³-hybridized carbons (Fsp3) is 0.900. The van der Waals surface area contributed by atoms with Crippen LogP contribution in [0.1, 0.15) is 32.6 Å². The Morgan fingerprint density at radius 3 is 2.75 bits per heavy atom. The highest BCUT2D eigenvalue weighted by molar-refractivity contribution is 5.45. The molecule has 0 radical (unpaired) electrons. The number of fused-ring (bicyclic) bond motifs is 1. The molecule has 24 heavy (non-hydrogen) atoms. The monoisotopic (exact) mass is 329 g/mol. The van der Waals surface area contributed by atoms with Gasteiger partial charge in [-0.2, -0.15) is 0 Å². The predicted octanol–water partition coefficient (Wildman–Crippen LogP) is 0.764. The number of aliphatic hydroxyl groups excluding tert-OH is 3. The van der Waals surface area contributed by atoms with Gasteiger partial charge in [-0.1, -0.05) is 13.5 Å². The Kier molecular flexibility index (Phi) is 1.95. The molecule has 6 aliphatic carbocycles. The van der Waals surface area contributed by atoms with Crippen LogP contribution in [0.4, 0.5) is 0 Å². The summed E-state index contributed by atoms with van der Waals surface area (Å²) >= 11 is 0. The van der Waals surface area contributed by atoms with Gasteiger partial charge in [-0.15, -0.1) is 0 Å². The van der Waals surface area contributed by atoms with Crippen LogP contribution in [-0.4, -0.2) is 57.2 Å². The zero-order valence-electron chi connectivity index (χ0n) is 14.2. The first-order valence-electron chi connectivity index (χ1n) is 9.88. The lowest BCUT2D eigenvalue weighted by Gasteiger charge is -2.66. The van der Waals surface area contributed by atoms with Crippen LogP contribution in [0.5, 0.6) is 0 Å². The van der Waals surface area contributed by atoms with Gasteiger partial charge in [0.2, 0.25) is 0 Å². The van der Waals surface area contributed by atoms with E-state index in [1.54, 1.807) is 0 Å². The highest BCUT2D eigenvalue weighted by Gasteiger charge is 2.92. The van der Waals surface area contributed by atoms with E-state index in [0.717, 1.165) is 37.8 Å². The first-order chi connectivity index (χ1) is 11.4. The van der Waals surface area contributed by atoms with Gasteiger partial charge in [0.15, 0.2) is 0 Å². The van der Waals surface area contributed by atoms with Crippen LogP contribution in [0.2, 0.25) is 0 Å². The smallest absolute Gasteiger partial charge is 0.0837 e. The normalized spacial score (nSPS) is 76.1. The molecule has 0 aromatic heterocycles. The molecule has 9 rings (SSSR count). The van der Waals surface area contributed by atoms with E-state index in [1.807, 2.05) is 0 Å². The number of rotatable bonds is 0. The summed E-state index contributed by atoms with van der Waals surface area (Å²) in [4.78, 5) is 2.60. The molecule has 6 saturated carbocycles. The number of hydrogen-bond acceptors (Lipinski definition) is 4. The number of hydrogen-bond donors (Lipinski definition) is 3. The van der Waals surface area contributed by atoms with Crippen LogP contribution >= 0.6 is 0 Å². The van der Waals surface area contributed by atoms with Gasteiger partial charge in [-0.3, -0.25) is 4.90 Å². The van der Waals surface area contributed by atoms with Crippen LogP contribution < -0.4 is 0 Å². The van der Waals surface area contributed by atoms with E-state index in [9.17, 15) is 15.3 Å². The summed E-state index contributed by atoms with van der Waals surface area (Å²) in [5, 5.41) is 34.1. The molecule has 3 N–H and O–H groups in total. The Morgan fingerprint density at radius 1 is 1.17 bits per heavy atom. The van der Waals surface area contributed by atoms with Gasteiger partial charge in [-0.05, 0) is 60.3 Å². The number of piperidine rings is 2. The van der Waals surface area contributed by atoms with Crippen molar-refractivity contribution in [2.75, 3.05) is 6.54 Å². The van der Waals surface area contributed by atoms with Crippen molar-refractivity contribution < 1.29 is 15.3 Å². The highest BCUT2D eigenvalue weighted by Crippen LogP contribution is 2.86. The molecule has 0 aromatic carbocycles. The second-order valence-corrected chi connectivity index (χ2v) is 10.5. The zero-order valence-corrected chi connectivity index (χ0v) is 14.2. The Balaban J connectivity index is 1.57. The molecule has 130 valence electrons. The van der Waals surface area contributed by atoms with E-state index in [0.29, 0.717) is 23.8 Å². The van der Waals surface area contributed by atoms with Crippen LogP contribution in [0.3, 0.4) is 0 Å². The van der Waals surface area contributed by atoms with Crippen molar-refractivity contribution in [2.24, 2.45) is 39.9 Å². The maximum atomic E-state index is 11.6. The lowest BCUT2D eigenvalue weighted by atomic mass is 9.39. The predicted molar refractivity (Wildman–Crippen MR) is 86.8 cm³/mol. The van der Waals surface area contributed by atoms with Crippen molar-refractivity contribution in [3.05, 3.63) is 12.2 Å². The Labute approximate surface area is 142 Å². The molecule has 9 fully saturated rings. The van der Waals surface area contributed by atoms with Crippen molar-refractivity contribution >= 4 is 0 Å². The van der Waals surface area contributed by atoms with Crippen LogP contribution in [-0.2, 0) is 0 Å². The minimum atomic E-state index is -0.569. The lowest BCUT2D eigenvalue weighted by Crippen LogP contribution is -2.72. The van der Waals surface area contributed by atoms with Crippen molar-refractivity contribution in [1.82, 2.24) is 4.90 Å². The minimum Gasteiger partial charge on any atom is -0.392 e. The fourth-order valence-electron chi connectivity index (χ4n) is 10.3. The van der Waals surface area contributed by atoms with Crippen molar-refractivity contribution in [1.29, 1.82) is 0 Å². The van der Waals surface area contributed by atoms with E-state index < -0.39 is 17.6 Å². The van der Waals surface area contributed by atoms with Crippen molar-refractivity contribution in [2.45, 2.75) is 63.0 Å². The van der Waals surface area contributed by atoms with E-state index >= 15 is 0 Å².